The molecule has 0 aliphatic carbocycles. The van der Waals surface area contributed by atoms with E-state index in [4.69, 9.17) is 21.1 Å². The molecule has 0 saturated carbocycles. The number of fused-ring (bicyclic) bond motifs is 1. The van der Waals surface area contributed by atoms with Crippen LogP contribution in [-0.2, 0) is 6.42 Å². The molecule has 8 heteroatoms. The number of carbonyl (C=O) groups is 1. The third-order valence-corrected chi connectivity index (χ3v) is 5.90. The van der Waals surface area contributed by atoms with Crippen LogP contribution in [0.5, 0.6) is 11.5 Å². The molecule has 0 spiro atoms. The van der Waals surface area contributed by atoms with Crippen LogP contribution in [0.3, 0.4) is 0 Å². The average molecular weight is 462 g/mol. The molecule has 32 heavy (non-hydrogen) atoms. The monoisotopic (exact) mass is 461 g/mol. The van der Waals surface area contributed by atoms with E-state index in [0.29, 0.717) is 23.5 Å². The number of hydrogen-bond acceptors (Lipinski definition) is 3. The van der Waals surface area contributed by atoms with E-state index >= 15 is 4.39 Å². The zero-order chi connectivity index (χ0) is 23.0. The first-order valence-electron chi connectivity index (χ1n) is 9.80. The van der Waals surface area contributed by atoms with Crippen molar-refractivity contribution < 1.29 is 27.4 Å². The molecule has 0 bridgehead atoms. The maximum atomic E-state index is 15.0. The zero-order valence-electron chi connectivity index (χ0n) is 17.3. The summed E-state index contributed by atoms with van der Waals surface area (Å²) < 4.78 is 54.0. The lowest BCUT2D eigenvalue weighted by molar-refractivity contribution is 0.0686. The highest BCUT2D eigenvalue weighted by atomic mass is 35.5. The SMILES string of the molecule is COc1cc2c(cc1OC)[C@@H](c1c(F)cccc1Cl)N(C(=O)c1cc(F)ccc1F)CC2. The summed E-state index contributed by atoms with van der Waals surface area (Å²) in [7, 11) is 2.96. The molecule has 0 aromatic heterocycles. The molecule has 0 radical (unpaired) electrons. The van der Waals surface area contributed by atoms with Gasteiger partial charge in [-0.25, -0.2) is 13.2 Å². The topological polar surface area (TPSA) is 38.8 Å². The fraction of sp³-hybridized carbons (Fsp3) is 0.208. The van der Waals surface area contributed by atoms with Crippen LogP contribution in [0.2, 0.25) is 5.02 Å². The van der Waals surface area contributed by atoms with Crippen molar-refractivity contribution in [1.82, 2.24) is 4.90 Å². The zero-order valence-corrected chi connectivity index (χ0v) is 18.1. The standard InChI is InChI=1S/C24H19ClF3NO3/c1-31-20-10-13-8-9-29(24(30)16-11-14(26)6-7-18(16)27)23(15(13)12-21(20)32-2)22-17(25)4-3-5-19(22)28/h3-7,10-12,23H,8-9H2,1-2H3/t23-/m0/s1. The minimum absolute atomic E-state index is 0.0625. The Labute approximate surface area is 188 Å². The Morgan fingerprint density at radius 1 is 1.00 bits per heavy atom. The summed E-state index contributed by atoms with van der Waals surface area (Å²) in [6.45, 7) is 0.132. The molecule has 3 aromatic rings. The van der Waals surface area contributed by atoms with E-state index in [9.17, 15) is 13.6 Å². The Hall–Kier alpha value is -3.19. The molecule has 1 aliphatic heterocycles. The summed E-state index contributed by atoms with van der Waals surface area (Å²) in [5, 5.41) is 0.107. The first-order valence-corrected chi connectivity index (χ1v) is 10.2. The van der Waals surface area contributed by atoms with Crippen molar-refractivity contribution in [3.8, 4) is 11.5 Å². The third kappa shape index (κ3) is 3.77. The van der Waals surface area contributed by atoms with Gasteiger partial charge in [-0.3, -0.25) is 4.79 Å². The number of nitrogens with zero attached hydrogens (tertiary/aromatic N) is 1. The molecular formula is C24H19ClF3NO3. The maximum absolute atomic E-state index is 15.0. The second-order valence-electron chi connectivity index (χ2n) is 7.32. The predicted octanol–water partition coefficient (Wildman–Crippen LogP) is 5.56. The molecule has 1 aliphatic rings. The summed E-state index contributed by atoms with van der Waals surface area (Å²) in [6, 6.07) is 9.30. The summed E-state index contributed by atoms with van der Waals surface area (Å²) in [4.78, 5) is 14.7. The van der Waals surface area contributed by atoms with Gasteiger partial charge in [0.25, 0.3) is 5.91 Å². The highest BCUT2D eigenvalue weighted by Crippen LogP contribution is 2.44. The fourth-order valence-electron chi connectivity index (χ4n) is 4.06. The number of rotatable bonds is 4. The number of benzene rings is 3. The van der Waals surface area contributed by atoms with Gasteiger partial charge in [0.2, 0.25) is 0 Å². The van der Waals surface area contributed by atoms with Crippen molar-refractivity contribution in [3.63, 3.8) is 0 Å². The van der Waals surface area contributed by atoms with Crippen molar-refractivity contribution in [2.24, 2.45) is 0 Å². The van der Waals surface area contributed by atoms with Crippen LogP contribution in [0.25, 0.3) is 0 Å². The van der Waals surface area contributed by atoms with E-state index in [2.05, 4.69) is 0 Å². The number of ether oxygens (including phenoxy) is 2. The molecule has 1 heterocycles. The quantitative estimate of drug-likeness (QED) is 0.510. The Morgan fingerprint density at radius 3 is 2.41 bits per heavy atom. The highest BCUT2D eigenvalue weighted by Gasteiger charge is 2.37. The second kappa shape index (κ2) is 8.74. The average Bonchev–Trinajstić information content (AvgIpc) is 2.79. The molecule has 1 amide bonds. The van der Waals surface area contributed by atoms with Gasteiger partial charge in [-0.1, -0.05) is 17.7 Å². The van der Waals surface area contributed by atoms with E-state index in [0.717, 1.165) is 23.8 Å². The van der Waals surface area contributed by atoms with Crippen LogP contribution < -0.4 is 9.47 Å². The van der Waals surface area contributed by atoms with Gasteiger partial charge >= 0.3 is 0 Å². The second-order valence-corrected chi connectivity index (χ2v) is 7.72. The lowest BCUT2D eigenvalue weighted by Gasteiger charge is -2.38. The highest BCUT2D eigenvalue weighted by molar-refractivity contribution is 6.31. The first-order chi connectivity index (χ1) is 15.3. The molecule has 3 aromatic carbocycles. The molecular weight excluding hydrogens is 443 g/mol. The Balaban J connectivity index is 1.93. The molecule has 0 unspecified atom stereocenters. The molecule has 1 atom stereocenters. The number of carbonyl (C=O) groups excluding carboxylic acids is 1. The van der Waals surface area contributed by atoms with Crippen molar-refractivity contribution in [2.75, 3.05) is 20.8 Å². The maximum Gasteiger partial charge on any atom is 0.257 e. The molecule has 4 nitrogen and oxygen atoms in total. The predicted molar refractivity (Wildman–Crippen MR) is 114 cm³/mol. The molecule has 166 valence electrons. The molecule has 0 saturated heterocycles. The number of amides is 1. The van der Waals surface area contributed by atoms with Gasteiger partial charge in [0.15, 0.2) is 11.5 Å². The number of methoxy groups -OCH3 is 2. The molecule has 4 rings (SSSR count). The van der Waals surface area contributed by atoms with Gasteiger partial charge in [0, 0.05) is 17.1 Å². The Morgan fingerprint density at radius 2 is 1.72 bits per heavy atom. The normalized spacial score (nSPS) is 15.3. The third-order valence-electron chi connectivity index (χ3n) is 5.57. The van der Waals surface area contributed by atoms with Crippen LogP contribution in [0.1, 0.15) is 33.1 Å². The van der Waals surface area contributed by atoms with Gasteiger partial charge in [0.1, 0.15) is 17.5 Å². The lowest BCUT2D eigenvalue weighted by atomic mass is 9.86. The van der Waals surface area contributed by atoms with Crippen LogP contribution in [0.15, 0.2) is 48.5 Å². The Kier molecular flexibility index (Phi) is 6.02. The molecule has 0 N–H and O–H groups in total. The summed E-state index contributed by atoms with van der Waals surface area (Å²) in [5.41, 5.74) is 0.987. The van der Waals surface area contributed by atoms with E-state index in [1.807, 2.05) is 0 Å². The van der Waals surface area contributed by atoms with E-state index in [1.54, 1.807) is 12.1 Å². The van der Waals surface area contributed by atoms with Crippen LogP contribution in [-0.4, -0.2) is 31.6 Å². The summed E-state index contributed by atoms with van der Waals surface area (Å²) in [6.07, 6.45) is 0.390. The van der Waals surface area contributed by atoms with Gasteiger partial charge < -0.3 is 14.4 Å². The van der Waals surface area contributed by atoms with E-state index < -0.39 is 35.0 Å². The van der Waals surface area contributed by atoms with Crippen LogP contribution >= 0.6 is 11.6 Å². The fourth-order valence-corrected chi connectivity index (χ4v) is 4.33. The van der Waals surface area contributed by atoms with Crippen molar-refractivity contribution in [1.29, 1.82) is 0 Å². The van der Waals surface area contributed by atoms with Crippen LogP contribution in [0.4, 0.5) is 13.2 Å². The van der Waals surface area contributed by atoms with Crippen molar-refractivity contribution in [2.45, 2.75) is 12.5 Å². The lowest BCUT2D eigenvalue weighted by Crippen LogP contribution is -2.41. The minimum Gasteiger partial charge on any atom is -0.493 e. The first kappa shape index (κ1) is 22.0. The smallest absolute Gasteiger partial charge is 0.257 e. The van der Waals surface area contributed by atoms with Gasteiger partial charge in [-0.15, -0.1) is 0 Å². The molecule has 0 fully saturated rings. The largest absolute Gasteiger partial charge is 0.493 e. The van der Waals surface area contributed by atoms with E-state index in [1.165, 1.54) is 37.3 Å². The summed E-state index contributed by atoms with van der Waals surface area (Å²) >= 11 is 6.37. The van der Waals surface area contributed by atoms with Gasteiger partial charge in [-0.2, -0.15) is 0 Å². The van der Waals surface area contributed by atoms with E-state index in [-0.39, 0.29) is 17.1 Å². The van der Waals surface area contributed by atoms with Gasteiger partial charge in [0.05, 0.1) is 25.8 Å². The van der Waals surface area contributed by atoms with Crippen LogP contribution in [0, 0.1) is 17.5 Å². The van der Waals surface area contributed by atoms with Crippen molar-refractivity contribution >= 4 is 17.5 Å². The van der Waals surface area contributed by atoms with Crippen molar-refractivity contribution in [3.05, 3.63) is 93.3 Å². The summed E-state index contributed by atoms with van der Waals surface area (Å²) in [5.74, 6) is -2.14. The number of hydrogen-bond donors (Lipinski definition) is 0. The number of halogens is 4. The Bertz CT molecular complexity index is 1180. The van der Waals surface area contributed by atoms with Gasteiger partial charge in [-0.05, 0) is 60.0 Å². The minimum atomic E-state index is -0.984.